The molecule has 0 aliphatic rings. The number of aliphatic hydroxyl groups is 1. The van der Waals surface area contributed by atoms with E-state index < -0.39 is 6.10 Å². The fourth-order valence-corrected chi connectivity index (χ4v) is 8.88. The van der Waals surface area contributed by atoms with Crippen molar-refractivity contribution in [1.29, 1.82) is 0 Å². The van der Waals surface area contributed by atoms with Gasteiger partial charge in [-0.25, -0.2) is 0 Å². The van der Waals surface area contributed by atoms with Gasteiger partial charge in [-0.15, -0.1) is 0 Å². The molecule has 0 aromatic heterocycles. The van der Waals surface area contributed by atoms with Crippen LogP contribution in [0.5, 0.6) is 0 Å². The van der Waals surface area contributed by atoms with Crippen LogP contribution in [0, 0.1) is 0 Å². The van der Waals surface area contributed by atoms with Crippen molar-refractivity contribution in [3.05, 3.63) is 60.8 Å². The zero-order valence-corrected chi connectivity index (χ0v) is 45.4. The summed E-state index contributed by atoms with van der Waals surface area (Å²) in [6.45, 7) is 4.07. The SMILES string of the molecule is CC/C=C\C/C=C\C/C=C\C/C=C\C/C=C\CCCCCCCCCCCCCCCCCC(=O)OC(CO)COC(=O)CCCCCCCCCCCCCCCCCCCCCCCCC. The van der Waals surface area contributed by atoms with Gasteiger partial charge < -0.3 is 14.6 Å². The van der Waals surface area contributed by atoms with Crippen LogP contribution >= 0.6 is 0 Å². The van der Waals surface area contributed by atoms with Crippen LogP contribution in [0.4, 0.5) is 0 Å². The van der Waals surface area contributed by atoms with Gasteiger partial charge in [0.25, 0.3) is 0 Å². The lowest BCUT2D eigenvalue weighted by molar-refractivity contribution is -0.161. The zero-order valence-electron chi connectivity index (χ0n) is 45.4. The quantitative estimate of drug-likeness (QED) is 0.0374. The van der Waals surface area contributed by atoms with Gasteiger partial charge in [0.15, 0.2) is 6.10 Å². The Morgan fingerprint density at radius 1 is 0.353 bits per heavy atom. The highest BCUT2D eigenvalue weighted by Crippen LogP contribution is 2.17. The molecule has 0 saturated heterocycles. The Hall–Kier alpha value is -2.40. The van der Waals surface area contributed by atoms with Crippen molar-refractivity contribution in [2.45, 2.75) is 315 Å². The van der Waals surface area contributed by atoms with E-state index in [-0.39, 0.29) is 25.2 Å². The van der Waals surface area contributed by atoms with Crippen molar-refractivity contribution in [2.75, 3.05) is 13.2 Å². The summed E-state index contributed by atoms with van der Waals surface area (Å²) in [5.41, 5.74) is 0. The fraction of sp³-hybridized carbons (Fsp3) is 0.810. The minimum Gasteiger partial charge on any atom is -0.462 e. The predicted molar refractivity (Wildman–Crippen MR) is 297 cm³/mol. The third-order valence-electron chi connectivity index (χ3n) is 13.3. The molecule has 396 valence electrons. The number of esters is 2. The van der Waals surface area contributed by atoms with Crippen molar-refractivity contribution in [1.82, 2.24) is 0 Å². The molecule has 0 rings (SSSR count). The van der Waals surface area contributed by atoms with E-state index in [0.29, 0.717) is 12.8 Å². The van der Waals surface area contributed by atoms with E-state index in [1.165, 1.54) is 218 Å². The van der Waals surface area contributed by atoms with Gasteiger partial charge in [-0.1, -0.05) is 299 Å². The number of unbranched alkanes of at least 4 members (excludes halogenated alkanes) is 37. The van der Waals surface area contributed by atoms with Crippen LogP contribution in [0.15, 0.2) is 60.8 Å². The van der Waals surface area contributed by atoms with Gasteiger partial charge in [0.05, 0.1) is 6.61 Å². The first-order chi connectivity index (χ1) is 33.6. The Labute approximate surface area is 423 Å². The van der Waals surface area contributed by atoms with Crippen LogP contribution in [-0.4, -0.2) is 36.4 Å². The second-order valence-electron chi connectivity index (χ2n) is 20.1. The predicted octanol–water partition coefficient (Wildman–Crippen LogP) is 20.2. The summed E-state index contributed by atoms with van der Waals surface area (Å²) in [7, 11) is 0. The van der Waals surface area contributed by atoms with E-state index in [1.807, 2.05) is 0 Å². The molecule has 0 spiro atoms. The number of rotatable bonds is 55. The molecule has 0 radical (unpaired) electrons. The molecule has 0 fully saturated rings. The minimum atomic E-state index is -0.772. The van der Waals surface area contributed by atoms with Gasteiger partial charge in [-0.05, 0) is 57.8 Å². The van der Waals surface area contributed by atoms with Gasteiger partial charge in [-0.2, -0.15) is 0 Å². The van der Waals surface area contributed by atoms with Crippen LogP contribution < -0.4 is 0 Å². The topological polar surface area (TPSA) is 72.8 Å². The van der Waals surface area contributed by atoms with Crippen molar-refractivity contribution < 1.29 is 24.2 Å². The number of allylic oxidation sites excluding steroid dienone is 10. The van der Waals surface area contributed by atoms with Crippen LogP contribution in [0.2, 0.25) is 0 Å². The van der Waals surface area contributed by atoms with Gasteiger partial charge in [0, 0.05) is 12.8 Å². The molecule has 0 aromatic carbocycles. The summed E-state index contributed by atoms with van der Waals surface area (Å²) >= 11 is 0. The van der Waals surface area contributed by atoms with Gasteiger partial charge >= 0.3 is 11.9 Å². The van der Waals surface area contributed by atoms with Crippen LogP contribution in [0.1, 0.15) is 309 Å². The van der Waals surface area contributed by atoms with E-state index in [1.54, 1.807) is 0 Å². The third-order valence-corrected chi connectivity index (χ3v) is 13.3. The molecule has 1 atom stereocenters. The maximum absolute atomic E-state index is 12.3. The van der Waals surface area contributed by atoms with Crippen molar-refractivity contribution in [3.63, 3.8) is 0 Å². The molecular weight excluding hydrogens is 837 g/mol. The summed E-state index contributed by atoms with van der Waals surface area (Å²) < 4.78 is 10.7. The van der Waals surface area contributed by atoms with Crippen LogP contribution in [-0.2, 0) is 19.1 Å². The minimum absolute atomic E-state index is 0.0621. The first-order valence-electron chi connectivity index (χ1n) is 29.8. The van der Waals surface area contributed by atoms with Crippen molar-refractivity contribution in [2.24, 2.45) is 0 Å². The highest BCUT2D eigenvalue weighted by Gasteiger charge is 2.16. The Balaban J connectivity index is 3.45. The standard InChI is InChI=1S/C63H114O5/c1-3-5-7-9-11-13-15-17-19-21-23-25-27-28-29-30-31-32-33-34-36-38-40-42-44-46-48-50-52-54-56-58-63(66)68-61(59-64)60-67-62(65)57-55-53-51-49-47-45-43-41-39-37-35-26-24-22-20-18-16-14-12-10-8-6-4-2/h5,7,11,13,17,19,23,25,28-29,61,64H,3-4,6,8-10,12,14-16,18,20-22,24,26-27,30-60H2,1-2H3/b7-5-,13-11-,19-17-,25-23-,29-28-. The summed E-state index contributed by atoms with van der Waals surface area (Å²) in [4.78, 5) is 24.6. The van der Waals surface area contributed by atoms with E-state index in [0.717, 1.165) is 64.2 Å². The molecule has 0 aliphatic heterocycles. The summed E-state index contributed by atoms with van der Waals surface area (Å²) in [5.74, 6) is -0.575. The molecule has 1 N–H and O–H groups in total. The molecule has 68 heavy (non-hydrogen) atoms. The Morgan fingerprint density at radius 2 is 0.632 bits per heavy atom. The summed E-state index contributed by atoms with van der Waals surface area (Å²) in [5, 5.41) is 9.67. The number of hydrogen-bond acceptors (Lipinski definition) is 5. The molecule has 5 heteroatoms. The van der Waals surface area contributed by atoms with E-state index in [4.69, 9.17) is 9.47 Å². The van der Waals surface area contributed by atoms with Crippen LogP contribution in [0.3, 0.4) is 0 Å². The van der Waals surface area contributed by atoms with E-state index in [2.05, 4.69) is 74.6 Å². The second kappa shape index (κ2) is 58.9. The van der Waals surface area contributed by atoms with Crippen LogP contribution in [0.25, 0.3) is 0 Å². The first-order valence-corrected chi connectivity index (χ1v) is 29.8. The molecule has 0 bridgehead atoms. The lowest BCUT2D eigenvalue weighted by Crippen LogP contribution is -2.28. The molecule has 0 aromatic rings. The lowest BCUT2D eigenvalue weighted by Gasteiger charge is -2.15. The number of ether oxygens (including phenoxy) is 2. The second-order valence-corrected chi connectivity index (χ2v) is 20.1. The smallest absolute Gasteiger partial charge is 0.306 e. The Morgan fingerprint density at radius 3 is 0.956 bits per heavy atom. The first kappa shape index (κ1) is 65.6. The highest BCUT2D eigenvalue weighted by atomic mass is 16.6. The lowest BCUT2D eigenvalue weighted by atomic mass is 10.0. The number of hydrogen-bond donors (Lipinski definition) is 1. The third kappa shape index (κ3) is 56.2. The molecular formula is C63H114O5. The molecule has 5 nitrogen and oxygen atoms in total. The maximum atomic E-state index is 12.3. The van der Waals surface area contributed by atoms with Crippen molar-refractivity contribution in [3.8, 4) is 0 Å². The van der Waals surface area contributed by atoms with E-state index in [9.17, 15) is 14.7 Å². The molecule has 0 aliphatic carbocycles. The highest BCUT2D eigenvalue weighted by molar-refractivity contribution is 5.70. The molecule has 0 heterocycles. The van der Waals surface area contributed by atoms with E-state index >= 15 is 0 Å². The number of carbonyl (C=O) groups excluding carboxylic acids is 2. The Bertz CT molecular complexity index is 1170. The largest absolute Gasteiger partial charge is 0.462 e. The average molecular weight is 952 g/mol. The number of aliphatic hydroxyl groups excluding tert-OH is 1. The average Bonchev–Trinajstić information content (AvgIpc) is 3.34. The summed E-state index contributed by atoms with van der Waals surface area (Å²) in [6, 6.07) is 0. The van der Waals surface area contributed by atoms with Crippen molar-refractivity contribution >= 4 is 11.9 Å². The monoisotopic (exact) mass is 951 g/mol. The number of carbonyl (C=O) groups is 2. The van der Waals surface area contributed by atoms with Gasteiger partial charge in [0.2, 0.25) is 0 Å². The molecule has 1 unspecified atom stereocenters. The molecule has 0 saturated carbocycles. The summed E-state index contributed by atoms with van der Waals surface area (Å²) in [6.07, 6.45) is 79.2. The zero-order chi connectivity index (χ0) is 49.2. The normalized spacial score (nSPS) is 12.6. The molecule has 0 amide bonds. The Kier molecular flexibility index (Phi) is 56.8. The maximum Gasteiger partial charge on any atom is 0.306 e. The van der Waals surface area contributed by atoms with Gasteiger partial charge in [0.1, 0.15) is 6.61 Å². The fourth-order valence-electron chi connectivity index (χ4n) is 8.88. The van der Waals surface area contributed by atoms with Gasteiger partial charge in [-0.3, -0.25) is 9.59 Å².